The Hall–Kier alpha value is -0.560. The van der Waals surface area contributed by atoms with Gasteiger partial charge in [0.1, 0.15) is 0 Å². The Morgan fingerprint density at radius 2 is 1.22 bits per heavy atom. The maximum atomic E-state index is 12.2. The lowest BCUT2D eigenvalue weighted by molar-refractivity contribution is -0.287. The molecule has 1 rings (SSSR count). The molecule has 0 N–H and O–H groups in total. The van der Waals surface area contributed by atoms with Crippen LogP contribution in [0, 0.1) is 23.7 Å². The van der Waals surface area contributed by atoms with E-state index in [4.69, 9.17) is 0 Å². The number of halogens is 8. The molecule has 140 valence electrons. The lowest BCUT2D eigenvalue weighted by atomic mass is 9.77. The molecule has 0 nitrogen and oxygen atoms in total. The first-order valence-electron chi connectivity index (χ1n) is 7.56. The van der Waals surface area contributed by atoms with Crippen LogP contribution in [0.15, 0.2) is 0 Å². The van der Waals surface area contributed by atoms with E-state index in [9.17, 15) is 35.1 Å². The predicted molar refractivity (Wildman–Crippen MR) is 72.2 cm³/mol. The molecule has 1 fully saturated rings. The van der Waals surface area contributed by atoms with Crippen LogP contribution in [0.1, 0.15) is 53.4 Å². The van der Waals surface area contributed by atoms with E-state index in [1.165, 1.54) is 13.8 Å². The van der Waals surface area contributed by atoms with Crippen molar-refractivity contribution in [1.82, 2.24) is 0 Å². The summed E-state index contributed by atoms with van der Waals surface area (Å²) in [6.45, 7) is 6.81. The quantitative estimate of drug-likeness (QED) is 0.483. The maximum Gasteiger partial charge on any atom is 0.400 e. The van der Waals surface area contributed by atoms with E-state index in [-0.39, 0.29) is 12.8 Å². The molecule has 23 heavy (non-hydrogen) atoms. The van der Waals surface area contributed by atoms with Gasteiger partial charge >= 0.3 is 12.4 Å². The monoisotopic (exact) mass is 356 g/mol. The highest BCUT2D eigenvalue weighted by Crippen LogP contribution is 2.45. The Balaban J connectivity index is 0.000000433. The van der Waals surface area contributed by atoms with Crippen molar-refractivity contribution in [3.05, 3.63) is 0 Å². The van der Waals surface area contributed by atoms with Crippen molar-refractivity contribution in [3.8, 4) is 0 Å². The second-order valence-electron chi connectivity index (χ2n) is 7.03. The average molecular weight is 356 g/mol. The molecule has 0 aliphatic heterocycles. The first-order valence-corrected chi connectivity index (χ1v) is 7.56. The standard InChI is InChI=1S/C8H14F2.C7H10F6/c1-6(2)3-7-4-8(9,10)5-7;1-4(2)3-5(6(8,9)10)7(11,12)13/h6-7H,3-5H2,1-2H3;4-5H,3H2,1-2H3. The Labute approximate surface area is 131 Å². The summed E-state index contributed by atoms with van der Waals surface area (Å²) < 4.78 is 95.6. The molecule has 0 saturated heterocycles. The molecule has 0 spiro atoms. The van der Waals surface area contributed by atoms with E-state index in [0.717, 1.165) is 6.42 Å². The summed E-state index contributed by atoms with van der Waals surface area (Å²) in [5.74, 6) is -5.27. The van der Waals surface area contributed by atoms with Crippen LogP contribution in [0.2, 0.25) is 0 Å². The molecule has 8 heteroatoms. The summed E-state index contributed by atoms with van der Waals surface area (Å²) in [7, 11) is 0. The van der Waals surface area contributed by atoms with Crippen LogP contribution >= 0.6 is 0 Å². The average Bonchev–Trinajstić information content (AvgIpc) is 2.20. The Bertz CT molecular complexity index is 316. The molecule has 1 saturated carbocycles. The molecule has 0 radical (unpaired) electrons. The summed E-state index contributed by atoms with van der Waals surface area (Å²) in [6, 6.07) is 0. The topological polar surface area (TPSA) is 0 Å². The summed E-state index contributed by atoms with van der Waals surface area (Å²) in [4.78, 5) is 0. The molecule has 1 aliphatic rings. The molecule has 0 bridgehead atoms. The SMILES string of the molecule is CC(C)CC(C(F)(F)F)C(F)(F)F.CC(C)CC1CC(F)(F)C1. The van der Waals surface area contributed by atoms with E-state index in [1.807, 2.05) is 0 Å². The van der Waals surface area contributed by atoms with Crippen molar-refractivity contribution >= 4 is 0 Å². The number of hydrogen-bond acceptors (Lipinski definition) is 0. The number of rotatable bonds is 4. The molecule has 0 heterocycles. The molecule has 0 aromatic heterocycles. The van der Waals surface area contributed by atoms with Crippen molar-refractivity contribution in [3.63, 3.8) is 0 Å². The minimum Gasteiger partial charge on any atom is -0.207 e. The molecule has 1 aliphatic carbocycles. The normalized spacial score (nSPS) is 18.9. The Kier molecular flexibility index (Phi) is 7.82. The van der Waals surface area contributed by atoms with Gasteiger partial charge in [-0.25, -0.2) is 8.78 Å². The number of alkyl halides is 8. The van der Waals surface area contributed by atoms with Gasteiger partial charge in [0.05, 0.1) is 0 Å². The third-order valence-electron chi connectivity index (χ3n) is 3.48. The van der Waals surface area contributed by atoms with Crippen molar-refractivity contribution in [1.29, 1.82) is 0 Å². The van der Waals surface area contributed by atoms with Gasteiger partial charge in [-0.1, -0.05) is 27.7 Å². The maximum absolute atomic E-state index is 12.2. The molecule has 0 amide bonds. The fraction of sp³-hybridized carbons (Fsp3) is 1.00. The molecular weight excluding hydrogens is 332 g/mol. The molecule has 0 unspecified atom stereocenters. The van der Waals surface area contributed by atoms with Crippen LogP contribution in [0.4, 0.5) is 35.1 Å². The first kappa shape index (κ1) is 22.4. The highest BCUT2D eigenvalue weighted by Gasteiger charge is 2.56. The second kappa shape index (κ2) is 8.01. The zero-order valence-electron chi connectivity index (χ0n) is 13.7. The van der Waals surface area contributed by atoms with Gasteiger partial charge in [-0.2, -0.15) is 26.3 Å². The highest BCUT2D eigenvalue weighted by atomic mass is 19.4. The van der Waals surface area contributed by atoms with Gasteiger partial charge in [0, 0.05) is 12.8 Å². The summed E-state index contributed by atoms with van der Waals surface area (Å²) in [6.07, 6.45) is -10.1. The molecule has 0 aromatic carbocycles. The first-order chi connectivity index (χ1) is 10.0. The molecule has 0 atom stereocenters. The zero-order chi connectivity index (χ0) is 18.6. The Morgan fingerprint density at radius 1 is 0.826 bits per heavy atom. The van der Waals surface area contributed by atoms with Crippen LogP contribution in [0.5, 0.6) is 0 Å². The third kappa shape index (κ3) is 9.35. The van der Waals surface area contributed by atoms with Crippen LogP contribution in [0.3, 0.4) is 0 Å². The van der Waals surface area contributed by atoms with Crippen LogP contribution in [-0.4, -0.2) is 18.3 Å². The van der Waals surface area contributed by atoms with E-state index < -0.39 is 36.5 Å². The van der Waals surface area contributed by atoms with Crippen LogP contribution in [0.25, 0.3) is 0 Å². The van der Waals surface area contributed by atoms with E-state index >= 15 is 0 Å². The van der Waals surface area contributed by atoms with E-state index in [0.29, 0.717) is 11.8 Å². The minimum atomic E-state index is -5.19. The fourth-order valence-electron chi connectivity index (χ4n) is 2.54. The van der Waals surface area contributed by atoms with Crippen molar-refractivity contribution in [2.24, 2.45) is 23.7 Å². The van der Waals surface area contributed by atoms with Gasteiger partial charge in [-0.15, -0.1) is 0 Å². The largest absolute Gasteiger partial charge is 0.400 e. The fourth-order valence-corrected chi connectivity index (χ4v) is 2.54. The summed E-state index contributed by atoms with van der Waals surface area (Å²) >= 11 is 0. The second-order valence-corrected chi connectivity index (χ2v) is 7.03. The van der Waals surface area contributed by atoms with Crippen LogP contribution in [-0.2, 0) is 0 Å². The third-order valence-corrected chi connectivity index (χ3v) is 3.48. The van der Waals surface area contributed by atoms with Gasteiger partial charge in [0.25, 0.3) is 0 Å². The predicted octanol–water partition coefficient (Wildman–Crippen LogP) is 6.85. The smallest absolute Gasteiger partial charge is 0.207 e. The van der Waals surface area contributed by atoms with Gasteiger partial charge in [-0.05, 0) is 30.6 Å². The highest BCUT2D eigenvalue weighted by molar-refractivity contribution is 4.86. The Morgan fingerprint density at radius 3 is 1.39 bits per heavy atom. The zero-order valence-corrected chi connectivity index (χ0v) is 13.7. The molecule has 0 aromatic rings. The summed E-state index contributed by atoms with van der Waals surface area (Å²) in [5, 5.41) is 0. The van der Waals surface area contributed by atoms with Crippen LogP contribution < -0.4 is 0 Å². The summed E-state index contributed by atoms with van der Waals surface area (Å²) in [5.41, 5.74) is 0. The van der Waals surface area contributed by atoms with Gasteiger partial charge in [0.2, 0.25) is 5.92 Å². The van der Waals surface area contributed by atoms with Crippen molar-refractivity contribution < 1.29 is 35.1 Å². The minimum absolute atomic E-state index is 0.130. The molecular formula is C15H24F8. The van der Waals surface area contributed by atoms with E-state index in [1.54, 1.807) is 0 Å². The van der Waals surface area contributed by atoms with Crippen molar-refractivity contribution in [2.75, 3.05) is 0 Å². The lowest BCUT2D eigenvalue weighted by Gasteiger charge is -2.35. The number of hydrogen-bond donors (Lipinski definition) is 0. The van der Waals surface area contributed by atoms with E-state index in [2.05, 4.69) is 13.8 Å². The van der Waals surface area contributed by atoms with Crippen molar-refractivity contribution in [2.45, 2.75) is 71.7 Å². The lowest BCUT2D eigenvalue weighted by Crippen LogP contribution is -2.37. The van der Waals surface area contributed by atoms with Gasteiger partial charge in [-0.3, -0.25) is 0 Å². The van der Waals surface area contributed by atoms with Gasteiger partial charge < -0.3 is 0 Å². The van der Waals surface area contributed by atoms with Gasteiger partial charge in [0.15, 0.2) is 5.92 Å².